The van der Waals surface area contributed by atoms with Gasteiger partial charge in [0, 0.05) is 0 Å². The number of carbonyl (C=O) groups is 2. The maximum absolute atomic E-state index is 12.3. The monoisotopic (exact) mass is 402 g/mol. The van der Waals surface area contributed by atoms with Crippen molar-refractivity contribution in [2.45, 2.75) is 13.3 Å². The molecule has 3 aromatic rings. The summed E-state index contributed by atoms with van der Waals surface area (Å²) in [5.74, 6) is 0.413. The summed E-state index contributed by atoms with van der Waals surface area (Å²) < 4.78 is 16.1. The van der Waals surface area contributed by atoms with Crippen LogP contribution in [0.1, 0.15) is 33.2 Å². The lowest BCUT2D eigenvalue weighted by molar-refractivity contribution is 0.0719. The summed E-state index contributed by atoms with van der Waals surface area (Å²) in [6.45, 7) is 6.03. The molecule has 0 aliphatic rings. The smallest absolute Gasteiger partial charge is 0.343 e. The number of ether oxygens (including phenoxy) is 3. The van der Waals surface area contributed by atoms with Crippen LogP contribution in [0.3, 0.4) is 0 Å². The van der Waals surface area contributed by atoms with Crippen molar-refractivity contribution in [1.82, 2.24) is 0 Å². The van der Waals surface area contributed by atoms with E-state index in [1.807, 2.05) is 12.1 Å². The Bertz CT molecular complexity index is 1000. The maximum atomic E-state index is 12.3. The van der Waals surface area contributed by atoms with Gasteiger partial charge in [0.2, 0.25) is 0 Å². The number of carbonyl (C=O) groups excluding carboxylic acids is 2. The zero-order valence-corrected chi connectivity index (χ0v) is 16.7. The molecule has 0 saturated carbocycles. The molecule has 0 aliphatic heterocycles. The van der Waals surface area contributed by atoms with Gasteiger partial charge in [0.1, 0.15) is 23.9 Å². The quantitative estimate of drug-likeness (QED) is 0.292. The van der Waals surface area contributed by atoms with Gasteiger partial charge in [-0.1, -0.05) is 31.7 Å². The molecular formula is C25H22O5. The van der Waals surface area contributed by atoms with Crippen LogP contribution >= 0.6 is 0 Å². The van der Waals surface area contributed by atoms with Crippen molar-refractivity contribution < 1.29 is 23.8 Å². The van der Waals surface area contributed by atoms with Crippen LogP contribution in [-0.4, -0.2) is 18.5 Å². The van der Waals surface area contributed by atoms with Gasteiger partial charge in [-0.3, -0.25) is 0 Å². The summed E-state index contributed by atoms with van der Waals surface area (Å²) in [5.41, 5.74) is 2.02. The second-order valence-electron chi connectivity index (χ2n) is 6.42. The van der Waals surface area contributed by atoms with Crippen LogP contribution in [0.25, 0.3) is 0 Å². The molecule has 0 heterocycles. The van der Waals surface area contributed by atoms with Crippen molar-refractivity contribution >= 4 is 11.9 Å². The van der Waals surface area contributed by atoms with E-state index in [0.29, 0.717) is 35.0 Å². The standard InChI is InChI=1S/C25H22O5/c1-3-17-28-21-11-9-20(10-12-21)25(27)30-23-15-13-22(14-16-23)29-24(26)19-7-5-18(4-2)6-8-19/h3,5-16H,1,4,17H2,2H3. The molecule has 0 aromatic heterocycles. The highest BCUT2D eigenvalue weighted by Gasteiger charge is 2.11. The Hall–Kier alpha value is -3.86. The van der Waals surface area contributed by atoms with Crippen LogP contribution in [0.15, 0.2) is 85.5 Å². The molecule has 0 N–H and O–H groups in total. The van der Waals surface area contributed by atoms with Gasteiger partial charge < -0.3 is 14.2 Å². The fraction of sp³-hybridized carbons (Fsp3) is 0.120. The van der Waals surface area contributed by atoms with Gasteiger partial charge in [0.15, 0.2) is 0 Å². The first-order chi connectivity index (χ1) is 14.6. The second kappa shape index (κ2) is 10.1. The second-order valence-corrected chi connectivity index (χ2v) is 6.42. The zero-order chi connectivity index (χ0) is 21.3. The van der Waals surface area contributed by atoms with E-state index in [9.17, 15) is 9.59 Å². The molecule has 0 unspecified atom stereocenters. The summed E-state index contributed by atoms with van der Waals surface area (Å²) in [5, 5.41) is 0. The predicted octanol–water partition coefficient (Wildman–Crippen LogP) is 5.25. The third-order valence-electron chi connectivity index (χ3n) is 4.30. The Morgan fingerprint density at radius 1 is 0.733 bits per heavy atom. The van der Waals surface area contributed by atoms with E-state index in [1.165, 1.54) is 0 Å². The average molecular weight is 402 g/mol. The van der Waals surface area contributed by atoms with Gasteiger partial charge >= 0.3 is 11.9 Å². The van der Waals surface area contributed by atoms with Crippen LogP contribution in [0.4, 0.5) is 0 Å². The van der Waals surface area contributed by atoms with Gasteiger partial charge in [-0.05, 0) is 72.6 Å². The number of aryl methyl sites for hydroxylation is 1. The van der Waals surface area contributed by atoms with Crippen molar-refractivity contribution in [3.63, 3.8) is 0 Å². The summed E-state index contributed by atoms with van der Waals surface area (Å²) in [6.07, 6.45) is 2.55. The molecule has 5 nitrogen and oxygen atoms in total. The van der Waals surface area contributed by atoms with Gasteiger partial charge in [-0.15, -0.1) is 0 Å². The zero-order valence-electron chi connectivity index (χ0n) is 16.7. The molecule has 0 spiro atoms. The van der Waals surface area contributed by atoms with Crippen LogP contribution in [0.5, 0.6) is 17.2 Å². The molecule has 3 rings (SSSR count). The topological polar surface area (TPSA) is 61.8 Å². The molecule has 0 aliphatic carbocycles. The van der Waals surface area contributed by atoms with E-state index in [-0.39, 0.29) is 0 Å². The van der Waals surface area contributed by atoms with Crippen molar-refractivity contribution in [3.05, 3.63) is 102 Å². The highest BCUT2D eigenvalue weighted by Crippen LogP contribution is 2.21. The van der Waals surface area contributed by atoms with Crippen LogP contribution in [-0.2, 0) is 6.42 Å². The van der Waals surface area contributed by atoms with Crippen LogP contribution in [0, 0.1) is 0 Å². The first kappa shape index (κ1) is 20.9. The third-order valence-corrected chi connectivity index (χ3v) is 4.30. The van der Waals surface area contributed by atoms with Crippen molar-refractivity contribution in [2.75, 3.05) is 6.61 Å². The average Bonchev–Trinajstić information content (AvgIpc) is 2.79. The number of rotatable bonds is 8. The van der Waals surface area contributed by atoms with E-state index in [1.54, 1.807) is 66.7 Å². The van der Waals surface area contributed by atoms with E-state index < -0.39 is 11.9 Å². The van der Waals surface area contributed by atoms with Crippen molar-refractivity contribution in [2.24, 2.45) is 0 Å². The van der Waals surface area contributed by atoms with Crippen LogP contribution in [0.2, 0.25) is 0 Å². The molecule has 5 heteroatoms. The number of benzene rings is 3. The first-order valence-corrected chi connectivity index (χ1v) is 9.56. The lowest BCUT2D eigenvalue weighted by Gasteiger charge is -2.08. The normalized spacial score (nSPS) is 10.2. The molecule has 0 atom stereocenters. The largest absolute Gasteiger partial charge is 0.490 e. The fourth-order valence-electron chi connectivity index (χ4n) is 2.63. The molecule has 152 valence electrons. The molecular weight excluding hydrogens is 380 g/mol. The fourth-order valence-corrected chi connectivity index (χ4v) is 2.63. The van der Waals surface area contributed by atoms with Gasteiger partial charge in [-0.25, -0.2) is 9.59 Å². The van der Waals surface area contributed by atoms with Crippen molar-refractivity contribution in [1.29, 1.82) is 0 Å². The molecule has 0 fully saturated rings. The van der Waals surface area contributed by atoms with Gasteiger partial charge in [-0.2, -0.15) is 0 Å². The summed E-state index contributed by atoms with van der Waals surface area (Å²) in [4.78, 5) is 24.5. The highest BCUT2D eigenvalue weighted by molar-refractivity contribution is 5.92. The Morgan fingerprint density at radius 2 is 1.17 bits per heavy atom. The van der Waals surface area contributed by atoms with Gasteiger partial charge in [0.25, 0.3) is 0 Å². The third kappa shape index (κ3) is 5.58. The highest BCUT2D eigenvalue weighted by atomic mass is 16.5. The summed E-state index contributed by atoms with van der Waals surface area (Å²) in [7, 11) is 0. The number of esters is 2. The minimum Gasteiger partial charge on any atom is -0.490 e. The molecule has 30 heavy (non-hydrogen) atoms. The Labute approximate surface area is 175 Å². The number of hydrogen-bond donors (Lipinski definition) is 0. The van der Waals surface area contributed by atoms with E-state index >= 15 is 0 Å². The summed E-state index contributed by atoms with van der Waals surface area (Å²) in [6, 6.07) is 20.2. The van der Waals surface area contributed by atoms with Crippen molar-refractivity contribution in [3.8, 4) is 17.2 Å². The molecule has 0 saturated heterocycles. The van der Waals surface area contributed by atoms with Crippen LogP contribution < -0.4 is 14.2 Å². The minimum atomic E-state index is -0.494. The minimum absolute atomic E-state index is 0.346. The maximum Gasteiger partial charge on any atom is 0.343 e. The Kier molecular flexibility index (Phi) is 7.00. The Balaban J connectivity index is 1.57. The summed E-state index contributed by atoms with van der Waals surface area (Å²) >= 11 is 0. The lowest BCUT2D eigenvalue weighted by Crippen LogP contribution is -2.09. The van der Waals surface area contributed by atoms with Gasteiger partial charge in [0.05, 0.1) is 11.1 Å². The molecule has 0 amide bonds. The predicted molar refractivity (Wildman–Crippen MR) is 114 cm³/mol. The van der Waals surface area contributed by atoms with E-state index in [4.69, 9.17) is 14.2 Å². The lowest BCUT2D eigenvalue weighted by atomic mass is 10.1. The number of hydrogen-bond acceptors (Lipinski definition) is 5. The van der Waals surface area contributed by atoms with E-state index in [2.05, 4.69) is 13.5 Å². The Morgan fingerprint density at radius 3 is 1.60 bits per heavy atom. The SMILES string of the molecule is C=CCOc1ccc(C(=O)Oc2ccc(OC(=O)c3ccc(CC)cc3)cc2)cc1. The molecule has 0 radical (unpaired) electrons. The molecule has 0 bridgehead atoms. The first-order valence-electron chi connectivity index (χ1n) is 9.56. The molecule has 3 aromatic carbocycles. The van der Waals surface area contributed by atoms with E-state index in [0.717, 1.165) is 12.0 Å².